The van der Waals surface area contributed by atoms with Crippen LogP contribution in [0.15, 0.2) is 28.7 Å². The summed E-state index contributed by atoms with van der Waals surface area (Å²) in [6, 6.07) is 8.25. The minimum atomic E-state index is 0.731. The van der Waals surface area contributed by atoms with E-state index in [-0.39, 0.29) is 0 Å². The van der Waals surface area contributed by atoms with E-state index in [1.807, 2.05) is 12.1 Å². The summed E-state index contributed by atoms with van der Waals surface area (Å²) in [7, 11) is 0. The first kappa shape index (κ1) is 13.5. The number of benzene rings is 1. The van der Waals surface area contributed by atoms with Gasteiger partial charge in [-0.05, 0) is 43.4 Å². The van der Waals surface area contributed by atoms with Crippen LogP contribution in [0.25, 0.3) is 0 Å². The number of anilines is 1. The number of nitrogens with two attached hydrogens (primary N) is 1. The molecule has 1 aromatic carbocycles. The highest BCUT2D eigenvalue weighted by Crippen LogP contribution is 2.25. The number of hydrogen-bond acceptors (Lipinski definition) is 4. The number of rotatable bonds is 3. The standard InChI is InChI=1S/C15H17BrN4/c16-11-7-5-10(6-8-11)9-14-18-13-4-2-1-3-12(13)15(19-14)20-17/h5-8H,1-4,9,17H2,(H,18,19,20). The van der Waals surface area contributed by atoms with E-state index in [0.717, 1.165) is 41.1 Å². The van der Waals surface area contributed by atoms with Crippen molar-refractivity contribution in [2.45, 2.75) is 32.1 Å². The highest BCUT2D eigenvalue weighted by molar-refractivity contribution is 9.10. The lowest BCUT2D eigenvalue weighted by Crippen LogP contribution is -2.18. The first-order chi connectivity index (χ1) is 9.76. The predicted molar refractivity (Wildman–Crippen MR) is 83.4 cm³/mol. The van der Waals surface area contributed by atoms with Crippen molar-refractivity contribution in [3.05, 3.63) is 51.4 Å². The van der Waals surface area contributed by atoms with Crippen molar-refractivity contribution in [1.29, 1.82) is 0 Å². The highest BCUT2D eigenvalue weighted by Gasteiger charge is 2.17. The summed E-state index contributed by atoms with van der Waals surface area (Å²) in [5, 5.41) is 0. The quantitative estimate of drug-likeness (QED) is 0.669. The molecule has 0 saturated heterocycles. The molecule has 0 atom stereocenters. The van der Waals surface area contributed by atoms with Crippen LogP contribution in [-0.4, -0.2) is 9.97 Å². The lowest BCUT2D eigenvalue weighted by atomic mass is 9.96. The van der Waals surface area contributed by atoms with Crippen molar-refractivity contribution in [1.82, 2.24) is 9.97 Å². The third-order valence-electron chi connectivity index (χ3n) is 3.64. The SMILES string of the molecule is NNc1nc(Cc2ccc(Br)cc2)nc2c1CCCC2. The van der Waals surface area contributed by atoms with E-state index >= 15 is 0 Å². The number of nitrogens with one attached hydrogen (secondary N) is 1. The second-order valence-electron chi connectivity index (χ2n) is 5.07. The second-order valence-corrected chi connectivity index (χ2v) is 5.98. The van der Waals surface area contributed by atoms with Crippen molar-refractivity contribution in [3.63, 3.8) is 0 Å². The number of fused-ring (bicyclic) bond motifs is 1. The van der Waals surface area contributed by atoms with E-state index in [9.17, 15) is 0 Å². The Morgan fingerprint density at radius 3 is 2.60 bits per heavy atom. The molecule has 4 nitrogen and oxygen atoms in total. The van der Waals surface area contributed by atoms with Gasteiger partial charge < -0.3 is 5.43 Å². The molecule has 3 N–H and O–H groups in total. The monoisotopic (exact) mass is 332 g/mol. The van der Waals surface area contributed by atoms with Crippen LogP contribution in [0, 0.1) is 0 Å². The zero-order valence-corrected chi connectivity index (χ0v) is 12.8. The number of hydrazine groups is 1. The zero-order chi connectivity index (χ0) is 13.9. The molecule has 0 amide bonds. The summed E-state index contributed by atoms with van der Waals surface area (Å²) in [5.41, 5.74) is 6.28. The molecule has 0 saturated carbocycles. The largest absolute Gasteiger partial charge is 0.308 e. The Bertz CT molecular complexity index is 593. The summed E-state index contributed by atoms with van der Waals surface area (Å²) in [6.45, 7) is 0. The Kier molecular flexibility index (Phi) is 3.98. The molecule has 0 fully saturated rings. The molecule has 1 aliphatic rings. The number of nitrogen functional groups attached to an aromatic ring is 1. The molecular weight excluding hydrogens is 316 g/mol. The summed E-state index contributed by atoms with van der Waals surface area (Å²) >= 11 is 3.45. The summed E-state index contributed by atoms with van der Waals surface area (Å²) in [4.78, 5) is 9.28. The average Bonchev–Trinajstić information content (AvgIpc) is 2.49. The molecular formula is C15H17BrN4. The van der Waals surface area contributed by atoms with Crippen molar-refractivity contribution >= 4 is 21.7 Å². The maximum Gasteiger partial charge on any atom is 0.147 e. The van der Waals surface area contributed by atoms with Crippen LogP contribution in [0.3, 0.4) is 0 Å². The van der Waals surface area contributed by atoms with Crippen LogP contribution in [0.1, 0.15) is 35.5 Å². The maximum atomic E-state index is 5.61. The van der Waals surface area contributed by atoms with Gasteiger partial charge in [-0.2, -0.15) is 0 Å². The smallest absolute Gasteiger partial charge is 0.147 e. The van der Waals surface area contributed by atoms with Crippen LogP contribution in [-0.2, 0) is 19.3 Å². The first-order valence-corrected chi connectivity index (χ1v) is 7.65. The molecule has 0 radical (unpaired) electrons. The van der Waals surface area contributed by atoms with E-state index in [4.69, 9.17) is 10.8 Å². The van der Waals surface area contributed by atoms with Crippen molar-refractivity contribution in [2.24, 2.45) is 5.84 Å². The van der Waals surface area contributed by atoms with Crippen LogP contribution >= 0.6 is 15.9 Å². The average molecular weight is 333 g/mol. The number of aromatic nitrogens is 2. The van der Waals surface area contributed by atoms with Crippen LogP contribution in [0.4, 0.5) is 5.82 Å². The zero-order valence-electron chi connectivity index (χ0n) is 11.2. The first-order valence-electron chi connectivity index (χ1n) is 6.86. The number of nitrogens with zero attached hydrogens (tertiary/aromatic N) is 2. The summed E-state index contributed by atoms with van der Waals surface area (Å²) in [5.74, 6) is 7.24. The molecule has 1 aliphatic carbocycles. The molecule has 1 aromatic heterocycles. The van der Waals surface area contributed by atoms with Gasteiger partial charge in [-0.1, -0.05) is 28.1 Å². The fraction of sp³-hybridized carbons (Fsp3) is 0.333. The molecule has 5 heteroatoms. The van der Waals surface area contributed by atoms with Crippen LogP contribution < -0.4 is 11.3 Å². The molecule has 0 bridgehead atoms. The van der Waals surface area contributed by atoms with E-state index in [1.165, 1.54) is 24.0 Å². The molecule has 3 rings (SSSR count). The van der Waals surface area contributed by atoms with Crippen LogP contribution in [0.2, 0.25) is 0 Å². The third-order valence-corrected chi connectivity index (χ3v) is 4.17. The molecule has 1 heterocycles. The molecule has 2 aromatic rings. The Morgan fingerprint density at radius 2 is 1.85 bits per heavy atom. The number of halogens is 1. The number of hydrogen-bond donors (Lipinski definition) is 2. The third kappa shape index (κ3) is 2.83. The summed E-state index contributed by atoms with van der Waals surface area (Å²) in [6.07, 6.45) is 5.17. The number of aryl methyl sites for hydroxylation is 1. The van der Waals surface area contributed by atoms with Gasteiger partial charge in [0.25, 0.3) is 0 Å². The van der Waals surface area contributed by atoms with Gasteiger partial charge in [0.1, 0.15) is 11.6 Å². The van der Waals surface area contributed by atoms with Crippen molar-refractivity contribution in [3.8, 4) is 0 Å². The topological polar surface area (TPSA) is 63.8 Å². The van der Waals surface area contributed by atoms with Gasteiger partial charge >= 0.3 is 0 Å². The molecule has 104 valence electrons. The molecule has 0 unspecified atom stereocenters. The predicted octanol–water partition coefficient (Wildman–Crippen LogP) is 2.99. The van der Waals surface area contributed by atoms with Crippen molar-refractivity contribution in [2.75, 3.05) is 5.43 Å². The fourth-order valence-corrected chi connectivity index (χ4v) is 2.89. The molecule has 0 spiro atoms. The minimum Gasteiger partial charge on any atom is -0.308 e. The van der Waals surface area contributed by atoms with E-state index in [1.54, 1.807) is 0 Å². The van der Waals surface area contributed by atoms with Gasteiger partial charge in [-0.3, -0.25) is 0 Å². The molecule has 20 heavy (non-hydrogen) atoms. The summed E-state index contributed by atoms with van der Waals surface area (Å²) < 4.78 is 1.08. The normalized spacial score (nSPS) is 13.9. The van der Waals surface area contributed by atoms with Gasteiger partial charge in [0, 0.05) is 22.2 Å². The van der Waals surface area contributed by atoms with Gasteiger partial charge in [-0.25, -0.2) is 15.8 Å². The lowest BCUT2D eigenvalue weighted by molar-refractivity contribution is 0.657. The molecule has 0 aliphatic heterocycles. The Balaban J connectivity index is 1.91. The van der Waals surface area contributed by atoms with E-state index in [2.05, 4.69) is 38.5 Å². The Labute approximate surface area is 126 Å². The van der Waals surface area contributed by atoms with E-state index in [0.29, 0.717) is 0 Å². The van der Waals surface area contributed by atoms with Crippen molar-refractivity contribution < 1.29 is 0 Å². The Hall–Kier alpha value is -1.46. The highest BCUT2D eigenvalue weighted by atomic mass is 79.9. The maximum absolute atomic E-state index is 5.61. The Morgan fingerprint density at radius 1 is 1.10 bits per heavy atom. The minimum absolute atomic E-state index is 0.731. The van der Waals surface area contributed by atoms with Crippen LogP contribution in [0.5, 0.6) is 0 Å². The van der Waals surface area contributed by atoms with Gasteiger partial charge in [0.05, 0.1) is 0 Å². The van der Waals surface area contributed by atoms with Gasteiger partial charge in [0.2, 0.25) is 0 Å². The second kappa shape index (κ2) is 5.89. The fourth-order valence-electron chi connectivity index (χ4n) is 2.63. The lowest BCUT2D eigenvalue weighted by Gasteiger charge is -2.18. The van der Waals surface area contributed by atoms with Gasteiger partial charge in [-0.15, -0.1) is 0 Å². The van der Waals surface area contributed by atoms with E-state index < -0.39 is 0 Å². The van der Waals surface area contributed by atoms with Gasteiger partial charge in [0.15, 0.2) is 0 Å².